The van der Waals surface area contributed by atoms with Gasteiger partial charge in [0, 0.05) is 13.0 Å². The quantitative estimate of drug-likeness (QED) is 0.861. The number of hydrogen-bond donors (Lipinski definition) is 1. The molecule has 24 heavy (non-hydrogen) atoms. The Bertz CT molecular complexity index is 733. The molecule has 0 saturated heterocycles. The highest BCUT2D eigenvalue weighted by molar-refractivity contribution is 5.79. The second-order valence-corrected chi connectivity index (χ2v) is 5.64. The van der Waals surface area contributed by atoms with Gasteiger partial charge in [0.1, 0.15) is 12.6 Å². The zero-order valence-electron chi connectivity index (χ0n) is 13.5. The van der Waals surface area contributed by atoms with E-state index in [1.807, 2.05) is 24.3 Å². The number of hydrogen-bond acceptors (Lipinski definition) is 3. The van der Waals surface area contributed by atoms with Crippen LogP contribution in [0.5, 0.6) is 0 Å². The first-order valence-corrected chi connectivity index (χ1v) is 7.81. The summed E-state index contributed by atoms with van der Waals surface area (Å²) in [5.74, 6) is 2.49. The van der Waals surface area contributed by atoms with E-state index < -0.39 is 12.1 Å². The lowest BCUT2D eigenvalue weighted by Crippen LogP contribution is -2.37. The van der Waals surface area contributed by atoms with Crippen molar-refractivity contribution in [2.75, 3.05) is 20.3 Å². The number of rotatable bonds is 5. The third-order valence-electron chi connectivity index (χ3n) is 4.17. The van der Waals surface area contributed by atoms with Crippen molar-refractivity contribution in [1.82, 2.24) is 5.32 Å². The molecule has 1 N–H and O–H groups in total. The second kappa shape index (κ2) is 7.20. The van der Waals surface area contributed by atoms with Crippen LogP contribution in [0.15, 0.2) is 48.5 Å². The number of carbonyl (C=O) groups excluding carboxylic acids is 1. The molecule has 2 aromatic carbocycles. The van der Waals surface area contributed by atoms with Crippen molar-refractivity contribution in [2.24, 2.45) is 0 Å². The third kappa shape index (κ3) is 3.12. The lowest BCUT2D eigenvalue weighted by Gasteiger charge is -2.16. The summed E-state index contributed by atoms with van der Waals surface area (Å²) in [5.41, 5.74) is 4.75. The van der Waals surface area contributed by atoms with Crippen LogP contribution in [-0.2, 0) is 9.47 Å². The maximum absolute atomic E-state index is 12.0. The molecule has 1 aliphatic carbocycles. The molecule has 3 rings (SSSR count). The molecule has 0 heterocycles. The predicted molar refractivity (Wildman–Crippen MR) is 92.7 cm³/mol. The molecular formula is C20H19NO3. The van der Waals surface area contributed by atoms with E-state index in [2.05, 4.69) is 35.5 Å². The monoisotopic (exact) mass is 321 g/mol. The Morgan fingerprint density at radius 1 is 1.17 bits per heavy atom. The number of benzene rings is 2. The number of fused-ring (bicyclic) bond motifs is 3. The fraction of sp³-hybridized carbons (Fsp3) is 0.250. The molecule has 1 unspecified atom stereocenters. The van der Waals surface area contributed by atoms with Crippen LogP contribution in [0, 0.1) is 12.3 Å². The molecule has 0 aliphatic heterocycles. The Hall–Kier alpha value is -2.77. The van der Waals surface area contributed by atoms with Gasteiger partial charge in [0.25, 0.3) is 0 Å². The van der Waals surface area contributed by atoms with E-state index in [9.17, 15) is 4.79 Å². The maximum atomic E-state index is 12.0. The van der Waals surface area contributed by atoms with Gasteiger partial charge in [-0.3, -0.25) is 0 Å². The van der Waals surface area contributed by atoms with Gasteiger partial charge in [0.2, 0.25) is 0 Å². The minimum Gasteiger partial charge on any atom is -0.449 e. The van der Waals surface area contributed by atoms with Gasteiger partial charge in [-0.25, -0.2) is 4.79 Å². The van der Waals surface area contributed by atoms with Crippen LogP contribution < -0.4 is 5.32 Å². The molecule has 0 bridgehead atoms. The number of alkyl carbamates (subject to hydrolysis) is 1. The average molecular weight is 321 g/mol. The Kier molecular flexibility index (Phi) is 4.83. The summed E-state index contributed by atoms with van der Waals surface area (Å²) in [6, 6.07) is 15.9. The number of methoxy groups -OCH3 is 1. The lowest BCUT2D eigenvalue weighted by atomic mass is 9.98. The molecule has 2 aromatic rings. The molecule has 0 spiro atoms. The van der Waals surface area contributed by atoms with Gasteiger partial charge < -0.3 is 14.8 Å². The van der Waals surface area contributed by atoms with Crippen LogP contribution in [0.3, 0.4) is 0 Å². The molecule has 1 aliphatic rings. The van der Waals surface area contributed by atoms with Crippen molar-refractivity contribution < 1.29 is 14.3 Å². The van der Waals surface area contributed by atoms with Gasteiger partial charge in [-0.05, 0) is 22.3 Å². The molecule has 4 heteroatoms. The van der Waals surface area contributed by atoms with Crippen LogP contribution >= 0.6 is 0 Å². The first-order chi connectivity index (χ1) is 11.7. The highest BCUT2D eigenvalue weighted by Crippen LogP contribution is 2.44. The topological polar surface area (TPSA) is 47.6 Å². The average Bonchev–Trinajstić information content (AvgIpc) is 2.93. The van der Waals surface area contributed by atoms with Gasteiger partial charge >= 0.3 is 6.09 Å². The Morgan fingerprint density at radius 2 is 1.75 bits per heavy atom. The summed E-state index contributed by atoms with van der Waals surface area (Å²) in [6.07, 6.45) is 4.82. The summed E-state index contributed by atoms with van der Waals surface area (Å²) >= 11 is 0. The highest BCUT2D eigenvalue weighted by Gasteiger charge is 2.29. The molecule has 0 radical (unpaired) electrons. The van der Waals surface area contributed by atoms with Crippen LogP contribution in [-0.4, -0.2) is 32.5 Å². The van der Waals surface area contributed by atoms with Crippen LogP contribution in [0.1, 0.15) is 17.0 Å². The number of amides is 1. The lowest BCUT2D eigenvalue weighted by molar-refractivity contribution is 0.130. The Labute approximate surface area is 141 Å². The first-order valence-electron chi connectivity index (χ1n) is 7.81. The minimum atomic E-state index is -0.531. The van der Waals surface area contributed by atoms with Gasteiger partial charge in [0.15, 0.2) is 0 Å². The van der Waals surface area contributed by atoms with Crippen LogP contribution in [0.25, 0.3) is 11.1 Å². The molecule has 4 nitrogen and oxygen atoms in total. The van der Waals surface area contributed by atoms with Gasteiger partial charge in [-0.1, -0.05) is 54.5 Å². The summed E-state index contributed by atoms with van der Waals surface area (Å²) in [4.78, 5) is 12.0. The SMILES string of the molecule is C#CC(COC)NC(=O)OCC1c2ccccc2-c2ccccc21. The van der Waals surface area contributed by atoms with E-state index in [0.29, 0.717) is 0 Å². The Morgan fingerprint density at radius 3 is 2.29 bits per heavy atom. The van der Waals surface area contributed by atoms with E-state index in [0.717, 1.165) is 0 Å². The predicted octanol–water partition coefficient (Wildman–Crippen LogP) is 3.17. The molecule has 1 amide bonds. The van der Waals surface area contributed by atoms with Crippen LogP contribution in [0.2, 0.25) is 0 Å². The summed E-state index contributed by atoms with van der Waals surface area (Å²) in [6.45, 7) is 0.519. The van der Waals surface area contributed by atoms with Gasteiger partial charge in [-0.15, -0.1) is 6.42 Å². The molecule has 0 fully saturated rings. The van der Waals surface area contributed by atoms with E-state index in [1.54, 1.807) is 0 Å². The van der Waals surface area contributed by atoms with Crippen LogP contribution in [0.4, 0.5) is 4.79 Å². The largest absolute Gasteiger partial charge is 0.449 e. The zero-order chi connectivity index (χ0) is 16.9. The summed E-state index contributed by atoms with van der Waals surface area (Å²) < 4.78 is 10.4. The van der Waals surface area contributed by atoms with E-state index in [-0.39, 0.29) is 19.1 Å². The summed E-state index contributed by atoms with van der Waals surface area (Å²) in [7, 11) is 1.53. The minimum absolute atomic E-state index is 0.0369. The van der Waals surface area contributed by atoms with E-state index in [1.165, 1.54) is 29.4 Å². The van der Waals surface area contributed by atoms with Crippen molar-refractivity contribution >= 4 is 6.09 Å². The molecule has 1 atom stereocenters. The highest BCUT2D eigenvalue weighted by atomic mass is 16.5. The van der Waals surface area contributed by atoms with Crippen molar-refractivity contribution in [1.29, 1.82) is 0 Å². The second-order valence-electron chi connectivity index (χ2n) is 5.64. The molecule has 0 saturated carbocycles. The van der Waals surface area contributed by atoms with Crippen molar-refractivity contribution in [3.05, 3.63) is 59.7 Å². The number of ether oxygens (including phenoxy) is 2. The number of terminal acetylenes is 1. The Balaban J connectivity index is 1.72. The molecular weight excluding hydrogens is 302 g/mol. The van der Waals surface area contributed by atoms with E-state index >= 15 is 0 Å². The summed E-state index contributed by atoms with van der Waals surface area (Å²) in [5, 5.41) is 2.62. The van der Waals surface area contributed by atoms with E-state index in [4.69, 9.17) is 15.9 Å². The zero-order valence-corrected chi connectivity index (χ0v) is 13.5. The van der Waals surface area contributed by atoms with Crippen molar-refractivity contribution in [2.45, 2.75) is 12.0 Å². The normalized spacial score (nSPS) is 13.5. The first kappa shape index (κ1) is 16.1. The van der Waals surface area contributed by atoms with Gasteiger partial charge in [0.05, 0.1) is 6.61 Å². The van der Waals surface area contributed by atoms with Crippen molar-refractivity contribution in [3.63, 3.8) is 0 Å². The fourth-order valence-corrected chi connectivity index (χ4v) is 3.08. The number of nitrogens with one attached hydrogen (secondary N) is 1. The standard InChI is InChI=1S/C20H19NO3/c1-3-14(12-23-2)21-20(22)24-13-19-17-10-6-4-8-15(17)16-9-5-7-11-18(16)19/h1,4-11,14,19H,12-13H2,2H3,(H,21,22). The number of carbonyl (C=O) groups is 1. The molecule has 0 aromatic heterocycles. The van der Waals surface area contributed by atoms with Crippen molar-refractivity contribution in [3.8, 4) is 23.5 Å². The fourth-order valence-electron chi connectivity index (χ4n) is 3.08. The van der Waals surface area contributed by atoms with Gasteiger partial charge in [-0.2, -0.15) is 0 Å². The smallest absolute Gasteiger partial charge is 0.408 e. The molecule has 122 valence electrons. The third-order valence-corrected chi connectivity index (χ3v) is 4.17. The maximum Gasteiger partial charge on any atom is 0.408 e.